The second kappa shape index (κ2) is 14.7. The van der Waals surface area contributed by atoms with Crippen LogP contribution in [0.4, 0.5) is 0 Å². The standard InChI is InChI=1S/C58H37N3S/c1-4-17-39(18-5-1)44-23-10-11-26-49(44)56-59-55(40-33-31-38(32-34-40)41-35-36-47-46-25-13-15-30-52(46)62-53(47)37-41)60-57(61-56)50-28-16-27-48-45-24-12-14-29-51(45)58(54(48)50,42-19-6-2-7-20-42)43-21-8-3-9-22-43/h1-37H. The summed E-state index contributed by atoms with van der Waals surface area (Å²) >= 11 is 1.84. The molecule has 0 fully saturated rings. The summed E-state index contributed by atoms with van der Waals surface area (Å²) in [5, 5.41) is 2.61. The molecule has 0 saturated carbocycles. The SMILES string of the molecule is c1ccc(-c2ccccc2-c2nc(-c3ccc(-c4ccc5c(c4)sc4ccccc45)cc3)nc(-c3cccc4c3C(c3ccccc3)(c3ccccc3)c3ccccc3-4)n2)cc1. The third-order valence-corrected chi connectivity index (χ3v) is 13.6. The van der Waals surface area contributed by atoms with Crippen LogP contribution in [0.25, 0.3) is 87.7 Å². The predicted molar refractivity (Wildman–Crippen MR) is 257 cm³/mol. The molecule has 290 valence electrons. The number of benzene rings is 9. The Morgan fingerprint density at radius 2 is 0.823 bits per heavy atom. The fourth-order valence-corrected chi connectivity index (χ4v) is 10.8. The van der Waals surface area contributed by atoms with E-state index < -0.39 is 5.41 Å². The summed E-state index contributed by atoms with van der Waals surface area (Å²) in [4.78, 5) is 16.2. The quantitative estimate of drug-likeness (QED) is 0.161. The van der Waals surface area contributed by atoms with Crippen molar-refractivity contribution in [3.05, 3.63) is 247 Å². The Bertz CT molecular complexity index is 3410. The molecule has 4 heteroatoms. The smallest absolute Gasteiger partial charge is 0.164 e. The van der Waals surface area contributed by atoms with Gasteiger partial charge in [0.25, 0.3) is 0 Å². The zero-order valence-corrected chi connectivity index (χ0v) is 34.4. The lowest BCUT2D eigenvalue weighted by atomic mass is 9.66. The van der Waals surface area contributed by atoms with Crippen molar-refractivity contribution in [1.82, 2.24) is 15.0 Å². The van der Waals surface area contributed by atoms with Gasteiger partial charge in [-0.05, 0) is 67.8 Å². The average molecular weight is 808 g/mol. The highest BCUT2D eigenvalue weighted by atomic mass is 32.1. The second-order valence-electron chi connectivity index (χ2n) is 15.9. The normalized spacial score (nSPS) is 12.6. The van der Waals surface area contributed by atoms with Crippen LogP contribution in [0.15, 0.2) is 224 Å². The number of nitrogens with zero attached hydrogens (tertiary/aromatic N) is 3. The zero-order valence-electron chi connectivity index (χ0n) is 33.6. The van der Waals surface area contributed by atoms with E-state index in [1.165, 1.54) is 59.1 Å². The highest BCUT2D eigenvalue weighted by Crippen LogP contribution is 2.58. The fourth-order valence-electron chi connectivity index (χ4n) is 9.70. The molecule has 0 unspecified atom stereocenters. The molecule has 0 amide bonds. The van der Waals surface area contributed by atoms with Gasteiger partial charge in [0.2, 0.25) is 0 Å². The minimum Gasteiger partial charge on any atom is -0.208 e. The lowest BCUT2D eigenvalue weighted by molar-refractivity contribution is 0.769. The molecule has 0 saturated heterocycles. The molecule has 1 aliphatic rings. The summed E-state index contributed by atoms with van der Waals surface area (Å²) in [6, 6.07) is 80.3. The summed E-state index contributed by atoms with van der Waals surface area (Å²) in [7, 11) is 0. The van der Waals surface area contributed by atoms with Crippen LogP contribution in [-0.4, -0.2) is 15.0 Å². The van der Waals surface area contributed by atoms with Crippen LogP contribution >= 0.6 is 11.3 Å². The zero-order chi connectivity index (χ0) is 41.0. The Hall–Kier alpha value is -7.79. The second-order valence-corrected chi connectivity index (χ2v) is 16.9. The van der Waals surface area contributed by atoms with Crippen LogP contribution in [-0.2, 0) is 5.41 Å². The fraction of sp³-hybridized carbons (Fsp3) is 0.0172. The molecule has 12 rings (SSSR count). The summed E-state index contributed by atoms with van der Waals surface area (Å²) in [5.41, 5.74) is 13.9. The molecule has 0 N–H and O–H groups in total. The molecule has 0 aliphatic heterocycles. The molecular weight excluding hydrogens is 771 g/mol. The first-order valence-corrected chi connectivity index (χ1v) is 21.8. The Morgan fingerprint density at radius 1 is 0.306 bits per heavy atom. The molecule has 11 aromatic rings. The van der Waals surface area contributed by atoms with E-state index in [1.807, 2.05) is 11.3 Å². The Balaban J connectivity index is 1.08. The number of aromatic nitrogens is 3. The first-order valence-electron chi connectivity index (χ1n) is 21.0. The van der Waals surface area contributed by atoms with Gasteiger partial charge >= 0.3 is 0 Å². The van der Waals surface area contributed by atoms with Crippen LogP contribution < -0.4 is 0 Å². The van der Waals surface area contributed by atoms with Crippen molar-refractivity contribution in [1.29, 1.82) is 0 Å². The molecule has 62 heavy (non-hydrogen) atoms. The lowest BCUT2D eigenvalue weighted by Gasteiger charge is -2.35. The van der Waals surface area contributed by atoms with E-state index in [2.05, 4.69) is 224 Å². The number of fused-ring (bicyclic) bond motifs is 6. The molecular formula is C58H37N3S. The van der Waals surface area contributed by atoms with Crippen LogP contribution in [0, 0.1) is 0 Å². The highest BCUT2D eigenvalue weighted by Gasteiger charge is 2.47. The van der Waals surface area contributed by atoms with Crippen molar-refractivity contribution in [2.75, 3.05) is 0 Å². The van der Waals surface area contributed by atoms with E-state index in [9.17, 15) is 0 Å². The maximum absolute atomic E-state index is 5.47. The minimum absolute atomic E-state index is 0.623. The van der Waals surface area contributed by atoms with E-state index in [-0.39, 0.29) is 0 Å². The maximum Gasteiger partial charge on any atom is 0.164 e. The molecule has 0 atom stereocenters. The molecule has 0 radical (unpaired) electrons. The van der Waals surface area contributed by atoms with Gasteiger partial charge in [-0.1, -0.05) is 212 Å². The van der Waals surface area contributed by atoms with Gasteiger partial charge in [0.1, 0.15) is 0 Å². The maximum atomic E-state index is 5.47. The van der Waals surface area contributed by atoms with Crippen molar-refractivity contribution < 1.29 is 0 Å². The number of hydrogen-bond acceptors (Lipinski definition) is 4. The third kappa shape index (κ3) is 5.76. The van der Waals surface area contributed by atoms with Crippen LogP contribution in [0.2, 0.25) is 0 Å². The molecule has 2 heterocycles. The van der Waals surface area contributed by atoms with Crippen molar-refractivity contribution in [3.63, 3.8) is 0 Å². The largest absolute Gasteiger partial charge is 0.208 e. The summed E-state index contributed by atoms with van der Waals surface area (Å²) in [6.07, 6.45) is 0. The van der Waals surface area contributed by atoms with Gasteiger partial charge in [-0.15, -0.1) is 11.3 Å². The van der Waals surface area contributed by atoms with E-state index >= 15 is 0 Å². The first kappa shape index (κ1) is 36.1. The minimum atomic E-state index is -0.628. The van der Waals surface area contributed by atoms with Crippen molar-refractivity contribution in [2.24, 2.45) is 0 Å². The van der Waals surface area contributed by atoms with Crippen LogP contribution in [0.1, 0.15) is 22.3 Å². The molecule has 0 bridgehead atoms. The molecule has 3 nitrogen and oxygen atoms in total. The number of hydrogen-bond donors (Lipinski definition) is 0. The topological polar surface area (TPSA) is 38.7 Å². The van der Waals surface area contributed by atoms with Gasteiger partial charge in [-0.25, -0.2) is 15.0 Å². The molecule has 1 aliphatic carbocycles. The number of thiophene rings is 1. The molecule has 2 aromatic heterocycles. The van der Waals surface area contributed by atoms with Gasteiger partial charge in [-0.3, -0.25) is 0 Å². The third-order valence-electron chi connectivity index (χ3n) is 12.5. The monoisotopic (exact) mass is 807 g/mol. The van der Waals surface area contributed by atoms with Crippen molar-refractivity contribution in [2.45, 2.75) is 5.41 Å². The Labute approximate surface area is 364 Å². The molecule has 9 aromatic carbocycles. The summed E-state index contributed by atoms with van der Waals surface area (Å²) < 4.78 is 2.60. The van der Waals surface area contributed by atoms with Gasteiger partial charge in [0, 0.05) is 36.9 Å². The van der Waals surface area contributed by atoms with Crippen LogP contribution in [0.3, 0.4) is 0 Å². The van der Waals surface area contributed by atoms with Gasteiger partial charge in [-0.2, -0.15) is 0 Å². The average Bonchev–Trinajstić information content (AvgIpc) is 3.88. The van der Waals surface area contributed by atoms with Crippen LogP contribution in [0.5, 0.6) is 0 Å². The van der Waals surface area contributed by atoms with E-state index in [1.54, 1.807) is 0 Å². The van der Waals surface area contributed by atoms with Gasteiger partial charge in [0.15, 0.2) is 17.5 Å². The van der Waals surface area contributed by atoms with Crippen molar-refractivity contribution in [3.8, 4) is 67.5 Å². The highest BCUT2D eigenvalue weighted by molar-refractivity contribution is 7.25. The van der Waals surface area contributed by atoms with Gasteiger partial charge < -0.3 is 0 Å². The molecule has 0 spiro atoms. The van der Waals surface area contributed by atoms with Crippen molar-refractivity contribution >= 4 is 31.5 Å². The first-order chi connectivity index (χ1) is 30.7. The van der Waals surface area contributed by atoms with E-state index in [0.717, 1.165) is 33.4 Å². The van der Waals surface area contributed by atoms with E-state index in [0.29, 0.717) is 17.5 Å². The summed E-state index contributed by atoms with van der Waals surface area (Å²) in [6.45, 7) is 0. The number of rotatable bonds is 7. The predicted octanol–water partition coefficient (Wildman–Crippen LogP) is 14.9. The van der Waals surface area contributed by atoms with E-state index in [4.69, 9.17) is 15.0 Å². The Kier molecular flexibility index (Phi) is 8.58. The van der Waals surface area contributed by atoms with Gasteiger partial charge in [0.05, 0.1) is 5.41 Å². The lowest BCUT2D eigenvalue weighted by Crippen LogP contribution is -2.29. The summed E-state index contributed by atoms with van der Waals surface area (Å²) in [5.74, 6) is 1.88. The Morgan fingerprint density at radius 3 is 1.56 bits per heavy atom.